The SMILES string of the molecule is COc1ccccc1CNC(=O)C1CC1C(=O)Nc1ccc(C)cc1. The Balaban J connectivity index is 1.50. The number of anilines is 1. The minimum atomic E-state index is -0.251. The number of methoxy groups -OCH3 is 1. The van der Waals surface area contributed by atoms with Crippen LogP contribution in [0.1, 0.15) is 17.5 Å². The van der Waals surface area contributed by atoms with Crippen molar-refractivity contribution in [1.82, 2.24) is 5.32 Å². The zero-order valence-electron chi connectivity index (χ0n) is 14.4. The molecule has 1 aliphatic rings. The van der Waals surface area contributed by atoms with E-state index in [2.05, 4.69) is 10.6 Å². The highest BCUT2D eigenvalue weighted by atomic mass is 16.5. The number of amides is 2. The molecule has 0 saturated heterocycles. The number of hydrogen-bond acceptors (Lipinski definition) is 3. The number of hydrogen-bond donors (Lipinski definition) is 2. The van der Waals surface area contributed by atoms with Gasteiger partial charge in [-0.1, -0.05) is 35.9 Å². The second-order valence-electron chi connectivity index (χ2n) is 6.33. The molecule has 5 heteroatoms. The number of carbonyl (C=O) groups excluding carboxylic acids is 2. The molecule has 0 aromatic heterocycles. The van der Waals surface area contributed by atoms with E-state index < -0.39 is 0 Å². The van der Waals surface area contributed by atoms with E-state index >= 15 is 0 Å². The average Bonchev–Trinajstić information content (AvgIpc) is 3.43. The molecule has 0 heterocycles. The van der Waals surface area contributed by atoms with Gasteiger partial charge in [0.15, 0.2) is 0 Å². The fourth-order valence-electron chi connectivity index (χ4n) is 2.81. The molecule has 2 unspecified atom stereocenters. The van der Waals surface area contributed by atoms with Crippen molar-refractivity contribution < 1.29 is 14.3 Å². The lowest BCUT2D eigenvalue weighted by Gasteiger charge is -2.09. The zero-order valence-corrected chi connectivity index (χ0v) is 14.4. The molecule has 130 valence electrons. The Morgan fingerprint density at radius 3 is 2.44 bits per heavy atom. The largest absolute Gasteiger partial charge is 0.496 e. The molecule has 1 saturated carbocycles. The van der Waals surface area contributed by atoms with Gasteiger partial charge >= 0.3 is 0 Å². The zero-order chi connectivity index (χ0) is 17.8. The van der Waals surface area contributed by atoms with Crippen LogP contribution in [0.2, 0.25) is 0 Å². The highest BCUT2D eigenvalue weighted by molar-refractivity contribution is 5.99. The standard InChI is InChI=1S/C20H22N2O3/c1-13-7-9-15(10-8-13)22-20(24)17-11-16(17)19(23)21-12-14-5-3-4-6-18(14)25-2/h3-10,16-17H,11-12H2,1-2H3,(H,21,23)(H,22,24). The maximum absolute atomic E-state index is 12.3. The van der Waals surface area contributed by atoms with Crippen LogP contribution >= 0.6 is 0 Å². The Kier molecular flexibility index (Phi) is 5.03. The second-order valence-corrected chi connectivity index (χ2v) is 6.33. The van der Waals surface area contributed by atoms with Crippen molar-refractivity contribution in [3.63, 3.8) is 0 Å². The fraction of sp³-hybridized carbons (Fsp3) is 0.300. The number of para-hydroxylation sites is 1. The highest BCUT2D eigenvalue weighted by Gasteiger charge is 2.47. The van der Waals surface area contributed by atoms with Gasteiger partial charge in [-0.05, 0) is 31.5 Å². The molecule has 0 radical (unpaired) electrons. The van der Waals surface area contributed by atoms with E-state index in [0.29, 0.717) is 13.0 Å². The molecule has 2 N–H and O–H groups in total. The first-order chi connectivity index (χ1) is 12.1. The third-order valence-corrected chi connectivity index (χ3v) is 4.43. The molecular weight excluding hydrogens is 316 g/mol. The van der Waals surface area contributed by atoms with Crippen LogP contribution in [-0.4, -0.2) is 18.9 Å². The van der Waals surface area contributed by atoms with Gasteiger partial charge in [0.1, 0.15) is 5.75 Å². The van der Waals surface area contributed by atoms with Crippen LogP contribution in [-0.2, 0) is 16.1 Å². The van der Waals surface area contributed by atoms with Crippen molar-refractivity contribution in [3.8, 4) is 5.75 Å². The number of nitrogens with one attached hydrogen (secondary N) is 2. The molecule has 1 aliphatic carbocycles. The summed E-state index contributed by atoms with van der Waals surface area (Å²) in [6, 6.07) is 15.2. The summed E-state index contributed by atoms with van der Waals surface area (Å²) in [5.74, 6) is 0.0580. The molecule has 0 spiro atoms. The monoisotopic (exact) mass is 338 g/mol. The van der Waals surface area contributed by atoms with Crippen molar-refractivity contribution in [1.29, 1.82) is 0 Å². The summed E-state index contributed by atoms with van der Waals surface area (Å²) < 4.78 is 5.27. The topological polar surface area (TPSA) is 67.4 Å². The van der Waals surface area contributed by atoms with Gasteiger partial charge in [-0.25, -0.2) is 0 Å². The lowest BCUT2D eigenvalue weighted by atomic mass is 10.2. The van der Waals surface area contributed by atoms with Gasteiger partial charge in [0.25, 0.3) is 0 Å². The Morgan fingerprint density at radius 1 is 1.04 bits per heavy atom. The van der Waals surface area contributed by atoms with Crippen molar-refractivity contribution in [3.05, 3.63) is 59.7 Å². The Labute approximate surface area is 147 Å². The Hall–Kier alpha value is -2.82. The molecule has 2 aromatic rings. The van der Waals surface area contributed by atoms with E-state index in [1.807, 2.05) is 55.5 Å². The van der Waals surface area contributed by atoms with E-state index in [1.54, 1.807) is 7.11 Å². The minimum absolute atomic E-state index is 0.0880. The number of carbonyl (C=O) groups is 2. The molecule has 0 bridgehead atoms. The van der Waals surface area contributed by atoms with Gasteiger partial charge in [-0.3, -0.25) is 9.59 Å². The third-order valence-electron chi connectivity index (χ3n) is 4.43. The van der Waals surface area contributed by atoms with Crippen molar-refractivity contribution in [2.75, 3.05) is 12.4 Å². The fourth-order valence-corrected chi connectivity index (χ4v) is 2.81. The summed E-state index contributed by atoms with van der Waals surface area (Å²) in [5, 5.41) is 5.76. The predicted molar refractivity (Wildman–Crippen MR) is 96.2 cm³/mol. The van der Waals surface area contributed by atoms with Gasteiger partial charge in [0.2, 0.25) is 11.8 Å². The third kappa shape index (κ3) is 4.18. The van der Waals surface area contributed by atoms with Crippen LogP contribution in [0, 0.1) is 18.8 Å². The summed E-state index contributed by atoms with van der Waals surface area (Å²) in [6.07, 6.45) is 0.593. The van der Waals surface area contributed by atoms with Crippen LogP contribution in [0.5, 0.6) is 5.75 Å². The van der Waals surface area contributed by atoms with Crippen LogP contribution in [0.25, 0.3) is 0 Å². The summed E-state index contributed by atoms with van der Waals surface area (Å²) >= 11 is 0. The molecule has 2 amide bonds. The minimum Gasteiger partial charge on any atom is -0.496 e. The van der Waals surface area contributed by atoms with Gasteiger partial charge < -0.3 is 15.4 Å². The summed E-state index contributed by atoms with van der Waals surface area (Å²) in [5.41, 5.74) is 2.81. The van der Waals surface area contributed by atoms with E-state index in [0.717, 1.165) is 22.6 Å². The second kappa shape index (κ2) is 7.38. The van der Waals surface area contributed by atoms with Crippen LogP contribution in [0.4, 0.5) is 5.69 Å². The van der Waals surface area contributed by atoms with E-state index in [9.17, 15) is 9.59 Å². The molecular formula is C20H22N2O3. The first kappa shape index (κ1) is 17.0. The quantitative estimate of drug-likeness (QED) is 0.851. The Bertz CT molecular complexity index is 771. The van der Waals surface area contributed by atoms with Crippen molar-refractivity contribution in [2.45, 2.75) is 19.9 Å². The first-order valence-corrected chi connectivity index (χ1v) is 8.35. The summed E-state index contributed by atoms with van der Waals surface area (Å²) in [4.78, 5) is 24.5. The first-order valence-electron chi connectivity index (χ1n) is 8.35. The van der Waals surface area contributed by atoms with Gasteiger partial charge in [-0.2, -0.15) is 0 Å². The molecule has 5 nitrogen and oxygen atoms in total. The van der Waals surface area contributed by atoms with E-state index in [-0.39, 0.29) is 23.7 Å². The normalized spacial score (nSPS) is 18.3. The maximum atomic E-state index is 12.3. The molecule has 2 atom stereocenters. The maximum Gasteiger partial charge on any atom is 0.228 e. The Morgan fingerprint density at radius 2 is 1.72 bits per heavy atom. The molecule has 2 aromatic carbocycles. The molecule has 3 rings (SSSR count). The summed E-state index contributed by atoms with van der Waals surface area (Å²) in [7, 11) is 1.60. The predicted octanol–water partition coefficient (Wildman–Crippen LogP) is 2.89. The van der Waals surface area contributed by atoms with E-state index in [4.69, 9.17) is 4.74 Å². The lowest BCUT2D eigenvalue weighted by Crippen LogP contribution is -2.27. The van der Waals surface area contributed by atoms with Gasteiger partial charge in [0.05, 0.1) is 18.9 Å². The van der Waals surface area contributed by atoms with Crippen LogP contribution in [0.15, 0.2) is 48.5 Å². The number of ether oxygens (including phenoxy) is 1. The van der Waals surface area contributed by atoms with Gasteiger partial charge in [0, 0.05) is 17.8 Å². The van der Waals surface area contributed by atoms with Gasteiger partial charge in [-0.15, -0.1) is 0 Å². The van der Waals surface area contributed by atoms with Crippen molar-refractivity contribution >= 4 is 17.5 Å². The lowest BCUT2D eigenvalue weighted by molar-refractivity contribution is -0.125. The smallest absolute Gasteiger partial charge is 0.228 e. The van der Waals surface area contributed by atoms with Crippen LogP contribution < -0.4 is 15.4 Å². The molecule has 1 fully saturated rings. The molecule has 25 heavy (non-hydrogen) atoms. The van der Waals surface area contributed by atoms with Crippen LogP contribution in [0.3, 0.4) is 0 Å². The van der Waals surface area contributed by atoms with E-state index in [1.165, 1.54) is 0 Å². The molecule has 0 aliphatic heterocycles. The summed E-state index contributed by atoms with van der Waals surface area (Å²) in [6.45, 7) is 2.39. The average molecular weight is 338 g/mol. The number of rotatable bonds is 6. The number of benzene rings is 2. The number of aryl methyl sites for hydroxylation is 1. The van der Waals surface area contributed by atoms with Crippen molar-refractivity contribution in [2.24, 2.45) is 11.8 Å². The highest BCUT2D eigenvalue weighted by Crippen LogP contribution is 2.39.